The first kappa shape index (κ1) is 24.0. The van der Waals surface area contributed by atoms with Crippen LogP contribution in [0.1, 0.15) is 57.4 Å². The maximum absolute atomic E-state index is 13.5. The van der Waals surface area contributed by atoms with Gasteiger partial charge >= 0.3 is 6.03 Å². The molecule has 1 spiro atoms. The van der Waals surface area contributed by atoms with E-state index in [1.807, 2.05) is 0 Å². The Labute approximate surface area is 198 Å². The van der Waals surface area contributed by atoms with Gasteiger partial charge < -0.3 is 20.2 Å². The maximum atomic E-state index is 13.5. The van der Waals surface area contributed by atoms with Crippen LogP contribution < -0.4 is 5.32 Å². The second-order valence-electron chi connectivity index (χ2n) is 10.3. The first-order valence-electron chi connectivity index (χ1n) is 12.6. The molecule has 33 heavy (non-hydrogen) atoms. The molecule has 3 aliphatic rings. The molecule has 3 fully saturated rings. The van der Waals surface area contributed by atoms with E-state index in [0.29, 0.717) is 12.5 Å². The highest BCUT2D eigenvalue weighted by Gasteiger charge is 2.55. The summed E-state index contributed by atoms with van der Waals surface area (Å²) < 4.78 is 0. The summed E-state index contributed by atoms with van der Waals surface area (Å²) in [5.41, 5.74) is 1.15. The van der Waals surface area contributed by atoms with Gasteiger partial charge in [0.15, 0.2) is 0 Å². The smallest absolute Gasteiger partial charge is 0.321 e. The molecular formula is C26H40N4O3. The standard InChI is InChI=1S/C26H40N4O3/c1-3-28(2)26(22-10-5-4-6-11-22)14-12-25(13-15-26)20-29(19-23(32)27-16-17-31)24(33)30(25)18-21-8-7-9-21/h4-6,10-11,21,31H,3,7-9,12-20H2,1-2H3,(H,27,32)/t25-,26+. The Hall–Kier alpha value is -2.12. The van der Waals surface area contributed by atoms with Crippen molar-refractivity contribution in [3.63, 3.8) is 0 Å². The average Bonchev–Trinajstić information content (AvgIpc) is 3.05. The Bertz CT molecular complexity index is 818. The second kappa shape index (κ2) is 10.0. The van der Waals surface area contributed by atoms with Gasteiger partial charge in [0, 0.05) is 25.2 Å². The van der Waals surface area contributed by atoms with E-state index in [1.54, 1.807) is 4.90 Å². The van der Waals surface area contributed by atoms with Crippen molar-refractivity contribution in [3.8, 4) is 0 Å². The molecule has 182 valence electrons. The van der Waals surface area contributed by atoms with E-state index in [4.69, 9.17) is 5.11 Å². The number of nitrogens with zero attached hydrogens (tertiary/aromatic N) is 3. The molecule has 0 radical (unpaired) electrons. The summed E-state index contributed by atoms with van der Waals surface area (Å²) in [6.07, 6.45) is 7.54. The number of nitrogens with one attached hydrogen (secondary N) is 1. The summed E-state index contributed by atoms with van der Waals surface area (Å²) in [6, 6.07) is 10.8. The van der Waals surface area contributed by atoms with Crippen LogP contribution in [0.15, 0.2) is 30.3 Å². The summed E-state index contributed by atoms with van der Waals surface area (Å²) in [5.74, 6) is 0.395. The minimum Gasteiger partial charge on any atom is -0.395 e. The Kier molecular flexibility index (Phi) is 7.29. The number of benzene rings is 1. The summed E-state index contributed by atoms with van der Waals surface area (Å²) in [7, 11) is 2.22. The molecule has 2 N–H and O–H groups in total. The van der Waals surface area contributed by atoms with E-state index in [0.717, 1.165) is 38.8 Å². The van der Waals surface area contributed by atoms with E-state index in [9.17, 15) is 9.59 Å². The van der Waals surface area contributed by atoms with Crippen molar-refractivity contribution in [2.24, 2.45) is 5.92 Å². The highest BCUT2D eigenvalue weighted by atomic mass is 16.3. The van der Waals surface area contributed by atoms with E-state index in [1.165, 1.54) is 24.8 Å². The normalized spacial score (nSPS) is 27.9. The predicted molar refractivity (Wildman–Crippen MR) is 129 cm³/mol. The second-order valence-corrected chi connectivity index (χ2v) is 10.3. The van der Waals surface area contributed by atoms with Gasteiger partial charge in [0.2, 0.25) is 5.91 Å². The zero-order valence-electron chi connectivity index (χ0n) is 20.3. The third-order valence-corrected chi connectivity index (χ3v) is 8.52. The van der Waals surface area contributed by atoms with E-state index in [-0.39, 0.29) is 42.7 Å². The number of urea groups is 1. The van der Waals surface area contributed by atoms with Gasteiger partial charge in [-0.05, 0) is 63.6 Å². The predicted octanol–water partition coefficient (Wildman–Crippen LogP) is 2.79. The van der Waals surface area contributed by atoms with Crippen LogP contribution in [0.4, 0.5) is 4.79 Å². The molecule has 1 heterocycles. The van der Waals surface area contributed by atoms with Crippen LogP contribution in [0.25, 0.3) is 0 Å². The van der Waals surface area contributed by atoms with Gasteiger partial charge in [-0.15, -0.1) is 0 Å². The number of carbonyl (C=O) groups is 2. The van der Waals surface area contributed by atoms with E-state index in [2.05, 4.69) is 59.4 Å². The van der Waals surface area contributed by atoms with Crippen LogP contribution in [0.2, 0.25) is 0 Å². The number of aliphatic hydroxyl groups excluding tert-OH is 1. The molecule has 4 rings (SSSR count). The number of amides is 3. The highest BCUT2D eigenvalue weighted by Crippen LogP contribution is 2.49. The maximum Gasteiger partial charge on any atom is 0.321 e. The Morgan fingerprint density at radius 3 is 2.45 bits per heavy atom. The molecule has 3 amide bonds. The van der Waals surface area contributed by atoms with Crippen LogP contribution in [-0.2, 0) is 10.3 Å². The van der Waals surface area contributed by atoms with Gasteiger partial charge in [-0.2, -0.15) is 0 Å². The van der Waals surface area contributed by atoms with Crippen molar-refractivity contribution in [2.75, 3.05) is 46.4 Å². The minimum atomic E-state index is -0.198. The van der Waals surface area contributed by atoms with Gasteiger partial charge in [0.1, 0.15) is 6.54 Å². The molecule has 1 aromatic rings. The lowest BCUT2D eigenvalue weighted by Crippen LogP contribution is -2.57. The number of hydrogen-bond acceptors (Lipinski definition) is 4. The lowest BCUT2D eigenvalue weighted by molar-refractivity contribution is -0.121. The first-order chi connectivity index (χ1) is 15.9. The minimum absolute atomic E-state index is 0.0112. The first-order valence-corrected chi connectivity index (χ1v) is 12.6. The van der Waals surface area contributed by atoms with Gasteiger partial charge in [0.25, 0.3) is 0 Å². The van der Waals surface area contributed by atoms with Crippen LogP contribution in [0.3, 0.4) is 0 Å². The summed E-state index contributed by atoms with van der Waals surface area (Å²) >= 11 is 0. The third-order valence-electron chi connectivity index (χ3n) is 8.52. The van der Waals surface area contributed by atoms with Crippen molar-refractivity contribution in [3.05, 3.63) is 35.9 Å². The zero-order chi connectivity index (χ0) is 23.5. The summed E-state index contributed by atoms with van der Waals surface area (Å²) in [6.45, 7) is 4.82. The number of hydrogen-bond donors (Lipinski definition) is 2. The van der Waals surface area contributed by atoms with Crippen LogP contribution >= 0.6 is 0 Å². The van der Waals surface area contributed by atoms with Crippen molar-refractivity contribution < 1.29 is 14.7 Å². The highest BCUT2D eigenvalue weighted by molar-refractivity contribution is 5.86. The molecule has 7 heteroatoms. The Balaban J connectivity index is 1.55. The molecule has 0 unspecified atom stereocenters. The summed E-state index contributed by atoms with van der Waals surface area (Å²) in [4.78, 5) is 32.2. The Morgan fingerprint density at radius 2 is 1.88 bits per heavy atom. The number of aliphatic hydroxyl groups is 1. The molecule has 1 aromatic carbocycles. The van der Waals surface area contributed by atoms with Crippen LogP contribution in [-0.4, -0.2) is 83.7 Å². The van der Waals surface area contributed by atoms with Crippen molar-refractivity contribution in [1.82, 2.24) is 20.0 Å². The topological polar surface area (TPSA) is 76.1 Å². The van der Waals surface area contributed by atoms with Crippen LogP contribution in [0, 0.1) is 5.92 Å². The fourth-order valence-corrected chi connectivity index (χ4v) is 6.13. The van der Waals surface area contributed by atoms with Gasteiger partial charge in [-0.3, -0.25) is 9.69 Å². The quantitative estimate of drug-likeness (QED) is 0.599. The van der Waals surface area contributed by atoms with Crippen LogP contribution in [0.5, 0.6) is 0 Å². The summed E-state index contributed by atoms with van der Waals surface area (Å²) in [5, 5.41) is 11.7. The molecule has 0 atom stereocenters. The van der Waals surface area contributed by atoms with E-state index < -0.39 is 0 Å². The molecule has 1 aliphatic heterocycles. The average molecular weight is 457 g/mol. The van der Waals surface area contributed by atoms with Crippen molar-refractivity contribution in [2.45, 2.75) is 62.9 Å². The van der Waals surface area contributed by atoms with Gasteiger partial charge in [-0.25, -0.2) is 4.79 Å². The number of carbonyl (C=O) groups excluding carboxylic acids is 2. The molecule has 2 saturated carbocycles. The van der Waals surface area contributed by atoms with E-state index >= 15 is 0 Å². The molecule has 1 saturated heterocycles. The lowest BCUT2D eigenvalue weighted by Gasteiger charge is -2.52. The third kappa shape index (κ3) is 4.62. The fraction of sp³-hybridized carbons (Fsp3) is 0.692. The lowest BCUT2D eigenvalue weighted by atomic mass is 9.68. The fourth-order valence-electron chi connectivity index (χ4n) is 6.13. The van der Waals surface area contributed by atoms with Gasteiger partial charge in [0.05, 0.1) is 12.1 Å². The molecule has 0 bridgehead atoms. The molecular weight excluding hydrogens is 416 g/mol. The zero-order valence-corrected chi connectivity index (χ0v) is 20.3. The Morgan fingerprint density at radius 1 is 1.18 bits per heavy atom. The monoisotopic (exact) mass is 456 g/mol. The number of rotatable bonds is 9. The van der Waals surface area contributed by atoms with Gasteiger partial charge in [-0.1, -0.05) is 43.7 Å². The largest absolute Gasteiger partial charge is 0.395 e. The SMILES string of the molecule is CCN(C)[C@]1(c2ccccc2)CC[C@]2(CC1)CN(CC(=O)NCCO)C(=O)N2CC1CCC1. The molecule has 2 aliphatic carbocycles. The molecule has 0 aromatic heterocycles. The van der Waals surface area contributed by atoms with Crippen molar-refractivity contribution >= 4 is 11.9 Å². The van der Waals surface area contributed by atoms with Crippen molar-refractivity contribution in [1.29, 1.82) is 0 Å². The molecule has 7 nitrogen and oxygen atoms in total.